The number of amides is 1. The molecule has 1 amide bonds. The van der Waals surface area contributed by atoms with E-state index in [9.17, 15) is 14.7 Å². The summed E-state index contributed by atoms with van der Waals surface area (Å²) in [5, 5.41) is 11.9. The van der Waals surface area contributed by atoms with Gasteiger partial charge in [-0.1, -0.05) is 39.0 Å². The van der Waals surface area contributed by atoms with Crippen LogP contribution in [-0.2, 0) is 9.53 Å². The molecule has 1 aliphatic rings. The lowest BCUT2D eigenvalue weighted by Gasteiger charge is -2.32. The molecule has 20 heavy (non-hydrogen) atoms. The first kappa shape index (κ1) is 16.8. The van der Waals surface area contributed by atoms with Crippen molar-refractivity contribution < 1.29 is 19.4 Å². The SMILES string of the molecule is C[C@H](C1CCCCC1)[C@H](NC(=O)OC(C)(C)C)C(=O)O. The van der Waals surface area contributed by atoms with Crippen LogP contribution in [0.3, 0.4) is 0 Å². The molecular formula is C15H27NO4. The van der Waals surface area contributed by atoms with Crippen LogP contribution in [0.25, 0.3) is 0 Å². The van der Waals surface area contributed by atoms with E-state index < -0.39 is 23.7 Å². The quantitative estimate of drug-likeness (QED) is 0.831. The van der Waals surface area contributed by atoms with Crippen LogP contribution in [0.1, 0.15) is 59.8 Å². The number of nitrogens with one attached hydrogen (secondary N) is 1. The third kappa shape index (κ3) is 5.39. The lowest BCUT2D eigenvalue weighted by Crippen LogP contribution is -2.49. The van der Waals surface area contributed by atoms with Crippen molar-refractivity contribution in [1.82, 2.24) is 5.32 Å². The predicted octanol–water partition coefficient (Wildman–Crippen LogP) is 3.18. The van der Waals surface area contributed by atoms with Gasteiger partial charge in [0.1, 0.15) is 11.6 Å². The number of hydrogen-bond donors (Lipinski definition) is 2. The van der Waals surface area contributed by atoms with E-state index in [0.717, 1.165) is 25.7 Å². The Morgan fingerprint density at radius 1 is 1.20 bits per heavy atom. The van der Waals surface area contributed by atoms with Gasteiger partial charge in [0.15, 0.2) is 0 Å². The molecule has 0 saturated heterocycles. The molecule has 0 spiro atoms. The van der Waals surface area contributed by atoms with Crippen LogP contribution in [0.4, 0.5) is 4.79 Å². The van der Waals surface area contributed by atoms with E-state index in [4.69, 9.17) is 4.74 Å². The second-order valence-corrected chi connectivity index (χ2v) is 6.72. The van der Waals surface area contributed by atoms with Crippen LogP contribution in [0.2, 0.25) is 0 Å². The summed E-state index contributed by atoms with van der Waals surface area (Å²) in [6.45, 7) is 7.18. The molecule has 1 aliphatic carbocycles. The van der Waals surface area contributed by atoms with Gasteiger partial charge in [-0.15, -0.1) is 0 Å². The fourth-order valence-corrected chi connectivity index (χ4v) is 2.78. The van der Waals surface area contributed by atoms with Crippen molar-refractivity contribution in [3.63, 3.8) is 0 Å². The van der Waals surface area contributed by atoms with E-state index in [0.29, 0.717) is 5.92 Å². The van der Waals surface area contributed by atoms with Crippen LogP contribution in [0, 0.1) is 11.8 Å². The lowest BCUT2D eigenvalue weighted by atomic mass is 9.77. The summed E-state index contributed by atoms with van der Waals surface area (Å²) in [4.78, 5) is 23.2. The zero-order chi connectivity index (χ0) is 15.3. The molecular weight excluding hydrogens is 258 g/mol. The Labute approximate surface area is 121 Å². The van der Waals surface area contributed by atoms with Crippen molar-refractivity contribution >= 4 is 12.1 Å². The Morgan fingerprint density at radius 3 is 2.20 bits per heavy atom. The van der Waals surface area contributed by atoms with Gasteiger partial charge in [0.2, 0.25) is 0 Å². The normalized spacial score (nSPS) is 20.0. The molecule has 1 fully saturated rings. The number of aliphatic carboxylic acids is 1. The second-order valence-electron chi connectivity index (χ2n) is 6.72. The number of carbonyl (C=O) groups excluding carboxylic acids is 1. The van der Waals surface area contributed by atoms with Crippen LogP contribution in [0.15, 0.2) is 0 Å². The molecule has 2 atom stereocenters. The van der Waals surface area contributed by atoms with Crippen molar-refractivity contribution in [2.24, 2.45) is 11.8 Å². The minimum Gasteiger partial charge on any atom is -0.480 e. The van der Waals surface area contributed by atoms with Gasteiger partial charge in [0.05, 0.1) is 0 Å². The average molecular weight is 285 g/mol. The highest BCUT2D eigenvalue weighted by atomic mass is 16.6. The third-order valence-electron chi connectivity index (χ3n) is 3.86. The van der Waals surface area contributed by atoms with E-state index in [1.807, 2.05) is 6.92 Å². The molecule has 0 aromatic carbocycles. The summed E-state index contributed by atoms with van der Waals surface area (Å²) in [6.07, 6.45) is 4.94. The number of carboxylic acid groups (broad SMARTS) is 1. The van der Waals surface area contributed by atoms with E-state index in [1.54, 1.807) is 20.8 Å². The first-order chi connectivity index (χ1) is 9.20. The molecule has 0 bridgehead atoms. The largest absolute Gasteiger partial charge is 0.480 e. The first-order valence-electron chi connectivity index (χ1n) is 7.43. The van der Waals surface area contributed by atoms with Gasteiger partial charge in [-0.2, -0.15) is 0 Å². The summed E-state index contributed by atoms with van der Waals surface area (Å²) < 4.78 is 5.14. The number of carboxylic acids is 1. The number of hydrogen-bond acceptors (Lipinski definition) is 3. The lowest BCUT2D eigenvalue weighted by molar-refractivity contribution is -0.141. The smallest absolute Gasteiger partial charge is 0.408 e. The summed E-state index contributed by atoms with van der Waals surface area (Å²) in [5.74, 6) is -0.714. The molecule has 116 valence electrons. The van der Waals surface area contributed by atoms with E-state index in [1.165, 1.54) is 6.42 Å². The molecule has 0 unspecified atom stereocenters. The predicted molar refractivity (Wildman–Crippen MR) is 76.5 cm³/mol. The fraction of sp³-hybridized carbons (Fsp3) is 0.867. The average Bonchev–Trinajstić information content (AvgIpc) is 2.34. The summed E-state index contributed by atoms with van der Waals surface area (Å²) in [7, 11) is 0. The standard InChI is InChI=1S/C15H27NO4/c1-10(11-8-6-5-7-9-11)12(13(17)18)16-14(19)20-15(2,3)4/h10-12H,5-9H2,1-4H3,(H,16,19)(H,17,18)/t10-,12+/m1/s1. The van der Waals surface area contributed by atoms with Gasteiger partial charge in [-0.25, -0.2) is 9.59 Å². The highest BCUT2D eigenvalue weighted by Crippen LogP contribution is 2.31. The highest BCUT2D eigenvalue weighted by molar-refractivity contribution is 5.80. The molecule has 5 nitrogen and oxygen atoms in total. The Hall–Kier alpha value is -1.26. The highest BCUT2D eigenvalue weighted by Gasteiger charge is 2.33. The molecule has 0 heterocycles. The van der Waals surface area contributed by atoms with E-state index >= 15 is 0 Å². The number of alkyl carbamates (subject to hydrolysis) is 1. The van der Waals surface area contributed by atoms with Gasteiger partial charge in [0.25, 0.3) is 0 Å². The topological polar surface area (TPSA) is 75.6 Å². The molecule has 0 aliphatic heterocycles. The molecule has 2 N–H and O–H groups in total. The van der Waals surface area contributed by atoms with Gasteiger partial charge in [0, 0.05) is 0 Å². The number of ether oxygens (including phenoxy) is 1. The van der Waals surface area contributed by atoms with Crippen LogP contribution in [-0.4, -0.2) is 28.8 Å². The molecule has 5 heteroatoms. The van der Waals surface area contributed by atoms with E-state index in [2.05, 4.69) is 5.32 Å². The molecule has 1 rings (SSSR count). The maximum atomic E-state index is 11.8. The number of carbonyl (C=O) groups is 2. The zero-order valence-electron chi connectivity index (χ0n) is 12.9. The van der Waals surface area contributed by atoms with Gasteiger partial charge < -0.3 is 15.2 Å². The minimum absolute atomic E-state index is 0.0830. The second kappa shape index (κ2) is 6.95. The Bertz CT molecular complexity index is 342. The third-order valence-corrected chi connectivity index (χ3v) is 3.86. The molecule has 0 aromatic heterocycles. The van der Waals surface area contributed by atoms with Crippen LogP contribution < -0.4 is 5.32 Å². The zero-order valence-corrected chi connectivity index (χ0v) is 12.9. The van der Waals surface area contributed by atoms with Crippen molar-refractivity contribution in [3.05, 3.63) is 0 Å². The van der Waals surface area contributed by atoms with Gasteiger partial charge in [-0.05, 0) is 32.6 Å². The first-order valence-corrected chi connectivity index (χ1v) is 7.43. The minimum atomic E-state index is -0.992. The summed E-state index contributed by atoms with van der Waals surface area (Å²) >= 11 is 0. The van der Waals surface area contributed by atoms with Crippen LogP contribution in [0.5, 0.6) is 0 Å². The monoisotopic (exact) mass is 285 g/mol. The molecule has 0 radical (unpaired) electrons. The number of rotatable bonds is 4. The maximum Gasteiger partial charge on any atom is 0.408 e. The van der Waals surface area contributed by atoms with Crippen molar-refractivity contribution in [2.75, 3.05) is 0 Å². The van der Waals surface area contributed by atoms with Crippen molar-refractivity contribution in [1.29, 1.82) is 0 Å². The summed E-state index contributed by atoms with van der Waals surface area (Å²) in [6, 6.07) is -0.882. The Morgan fingerprint density at radius 2 is 1.75 bits per heavy atom. The van der Waals surface area contributed by atoms with E-state index in [-0.39, 0.29) is 5.92 Å². The Balaban J connectivity index is 2.63. The van der Waals surface area contributed by atoms with Crippen molar-refractivity contribution in [3.8, 4) is 0 Å². The van der Waals surface area contributed by atoms with Crippen molar-refractivity contribution in [2.45, 2.75) is 71.4 Å². The fourth-order valence-electron chi connectivity index (χ4n) is 2.78. The van der Waals surface area contributed by atoms with Crippen LogP contribution >= 0.6 is 0 Å². The van der Waals surface area contributed by atoms with Gasteiger partial charge >= 0.3 is 12.1 Å². The molecule has 0 aromatic rings. The molecule has 1 saturated carbocycles. The van der Waals surface area contributed by atoms with Gasteiger partial charge in [-0.3, -0.25) is 0 Å². The maximum absolute atomic E-state index is 11.8. The Kier molecular flexibility index (Phi) is 5.84. The summed E-state index contributed by atoms with van der Waals surface area (Å²) in [5.41, 5.74) is -0.624.